The molecule has 0 radical (unpaired) electrons. The van der Waals surface area contributed by atoms with E-state index in [1.54, 1.807) is 30.4 Å². The Morgan fingerprint density at radius 2 is 1.80 bits per heavy atom. The third-order valence-electron chi connectivity index (χ3n) is 3.78. The van der Waals surface area contributed by atoms with Gasteiger partial charge in [-0.25, -0.2) is 0 Å². The number of hydrogen-bond acceptors (Lipinski definition) is 4. The summed E-state index contributed by atoms with van der Waals surface area (Å²) in [6.07, 6.45) is 18.2. The standard InChI is InChI=1S/C20H16N2O3/c23-20-7-2-1-5-18(20)9-8-16-10-12-21(13-11-16)15-17-4-3-6-19(14-17)22(24)25/h1-14H,15H2. The first-order valence-corrected chi connectivity index (χ1v) is 7.78. The second kappa shape index (κ2) is 7.40. The van der Waals surface area contributed by atoms with Crippen LogP contribution in [0.25, 0.3) is 0 Å². The van der Waals surface area contributed by atoms with E-state index < -0.39 is 4.92 Å². The largest absolute Gasteiger partial charge is 0.350 e. The van der Waals surface area contributed by atoms with Crippen molar-refractivity contribution in [1.82, 2.24) is 4.90 Å². The molecule has 0 N–H and O–H groups in total. The van der Waals surface area contributed by atoms with Crippen LogP contribution in [0.3, 0.4) is 0 Å². The van der Waals surface area contributed by atoms with E-state index >= 15 is 0 Å². The van der Waals surface area contributed by atoms with E-state index in [1.165, 1.54) is 12.1 Å². The molecule has 0 spiro atoms. The lowest BCUT2D eigenvalue weighted by Crippen LogP contribution is -2.11. The van der Waals surface area contributed by atoms with Crippen molar-refractivity contribution < 1.29 is 9.72 Å². The van der Waals surface area contributed by atoms with E-state index in [-0.39, 0.29) is 11.5 Å². The Kier molecular flexibility index (Phi) is 4.85. The monoisotopic (exact) mass is 332 g/mol. The number of nitrogens with zero attached hydrogens (tertiary/aromatic N) is 2. The number of benzene rings is 1. The van der Waals surface area contributed by atoms with Crippen LogP contribution in [-0.4, -0.2) is 15.6 Å². The highest BCUT2D eigenvalue weighted by Crippen LogP contribution is 2.18. The van der Waals surface area contributed by atoms with Crippen molar-refractivity contribution in [1.29, 1.82) is 0 Å². The first kappa shape index (κ1) is 16.4. The molecule has 1 aliphatic carbocycles. The third kappa shape index (κ3) is 4.29. The van der Waals surface area contributed by atoms with Gasteiger partial charge in [-0.15, -0.1) is 0 Å². The third-order valence-corrected chi connectivity index (χ3v) is 3.78. The normalized spacial score (nSPS) is 17.4. The van der Waals surface area contributed by atoms with Crippen molar-refractivity contribution >= 4 is 11.5 Å². The Labute approximate surface area is 145 Å². The zero-order chi connectivity index (χ0) is 17.6. The molecule has 0 bridgehead atoms. The van der Waals surface area contributed by atoms with E-state index in [4.69, 9.17) is 0 Å². The zero-order valence-corrected chi connectivity index (χ0v) is 13.4. The number of carbonyl (C=O) groups excluding carboxylic acids is 1. The zero-order valence-electron chi connectivity index (χ0n) is 13.4. The van der Waals surface area contributed by atoms with Crippen LogP contribution in [0, 0.1) is 10.1 Å². The van der Waals surface area contributed by atoms with Crippen LogP contribution in [-0.2, 0) is 11.3 Å². The number of non-ortho nitro benzene ring substituents is 1. The molecule has 0 fully saturated rings. The van der Waals surface area contributed by atoms with Gasteiger partial charge in [-0.05, 0) is 29.4 Å². The first-order valence-electron chi connectivity index (χ1n) is 7.78. The highest BCUT2D eigenvalue weighted by molar-refractivity contribution is 6.07. The van der Waals surface area contributed by atoms with Gasteiger partial charge in [0.25, 0.3) is 5.69 Å². The van der Waals surface area contributed by atoms with Crippen molar-refractivity contribution in [3.05, 3.63) is 112 Å². The molecular weight excluding hydrogens is 316 g/mol. The van der Waals surface area contributed by atoms with Gasteiger partial charge >= 0.3 is 0 Å². The Morgan fingerprint density at radius 3 is 2.52 bits per heavy atom. The molecule has 25 heavy (non-hydrogen) atoms. The van der Waals surface area contributed by atoms with Crippen LogP contribution in [0.4, 0.5) is 5.69 Å². The van der Waals surface area contributed by atoms with E-state index in [2.05, 4.69) is 0 Å². The minimum absolute atomic E-state index is 0.00424. The maximum absolute atomic E-state index is 11.7. The first-order chi connectivity index (χ1) is 12.1. The maximum atomic E-state index is 11.7. The number of hydrogen-bond donors (Lipinski definition) is 0. The van der Waals surface area contributed by atoms with Gasteiger partial charge in [0, 0.05) is 36.7 Å². The number of rotatable bonds is 4. The summed E-state index contributed by atoms with van der Waals surface area (Å²) in [7, 11) is 0. The minimum Gasteiger partial charge on any atom is -0.350 e. The molecule has 1 aromatic rings. The van der Waals surface area contributed by atoms with Crippen LogP contribution in [0.15, 0.2) is 96.4 Å². The van der Waals surface area contributed by atoms with Crippen LogP contribution in [0.1, 0.15) is 5.56 Å². The number of allylic oxidation sites excluding steroid dienone is 10. The van der Waals surface area contributed by atoms with Gasteiger partial charge in [-0.1, -0.05) is 42.5 Å². The fraction of sp³-hybridized carbons (Fsp3) is 0.0500. The second-order valence-corrected chi connectivity index (χ2v) is 5.60. The van der Waals surface area contributed by atoms with E-state index in [1.807, 2.05) is 47.7 Å². The molecule has 5 nitrogen and oxygen atoms in total. The Bertz CT molecular complexity index is 870. The highest BCUT2D eigenvalue weighted by Gasteiger charge is 2.08. The van der Waals surface area contributed by atoms with E-state index in [0.29, 0.717) is 12.1 Å². The fourth-order valence-corrected chi connectivity index (χ4v) is 2.47. The second-order valence-electron chi connectivity index (χ2n) is 5.60. The molecule has 0 amide bonds. The average Bonchev–Trinajstić information content (AvgIpc) is 2.62. The van der Waals surface area contributed by atoms with Gasteiger partial charge in [-0.3, -0.25) is 14.9 Å². The molecule has 1 heterocycles. The molecule has 0 saturated carbocycles. The lowest BCUT2D eigenvalue weighted by molar-refractivity contribution is -0.384. The molecule has 1 aromatic carbocycles. The summed E-state index contributed by atoms with van der Waals surface area (Å²) in [6, 6.07) is 6.60. The smallest absolute Gasteiger partial charge is 0.269 e. The van der Waals surface area contributed by atoms with Gasteiger partial charge in [0.1, 0.15) is 0 Å². The molecule has 5 heteroatoms. The summed E-state index contributed by atoms with van der Waals surface area (Å²) < 4.78 is 0. The predicted octanol–water partition coefficient (Wildman–Crippen LogP) is 3.99. The van der Waals surface area contributed by atoms with Gasteiger partial charge in [0.05, 0.1) is 4.92 Å². The van der Waals surface area contributed by atoms with E-state index in [0.717, 1.165) is 11.1 Å². The molecule has 0 atom stereocenters. The average molecular weight is 332 g/mol. The van der Waals surface area contributed by atoms with Crippen molar-refractivity contribution in [2.75, 3.05) is 0 Å². The summed E-state index contributed by atoms with van der Waals surface area (Å²) in [5.41, 5.74) is 2.58. The summed E-state index contributed by atoms with van der Waals surface area (Å²) in [5, 5.41) is 10.8. The van der Waals surface area contributed by atoms with Crippen molar-refractivity contribution in [3.8, 4) is 0 Å². The SMILES string of the molecule is O=C1C=CC=CC1=CC=C1C=CN(Cc2cccc([N+](=O)[O-])c2)C=C1. The fourth-order valence-electron chi connectivity index (χ4n) is 2.47. The van der Waals surface area contributed by atoms with Gasteiger partial charge in [0.15, 0.2) is 5.78 Å². The Morgan fingerprint density at radius 1 is 1.04 bits per heavy atom. The topological polar surface area (TPSA) is 63.5 Å². The number of ketones is 1. The molecule has 124 valence electrons. The van der Waals surface area contributed by atoms with Crippen LogP contribution in [0.2, 0.25) is 0 Å². The lowest BCUT2D eigenvalue weighted by Gasteiger charge is -2.18. The van der Waals surface area contributed by atoms with Crippen LogP contribution >= 0.6 is 0 Å². The van der Waals surface area contributed by atoms with Crippen LogP contribution in [0.5, 0.6) is 0 Å². The van der Waals surface area contributed by atoms with Crippen molar-refractivity contribution in [3.63, 3.8) is 0 Å². The van der Waals surface area contributed by atoms with Crippen LogP contribution < -0.4 is 0 Å². The quantitative estimate of drug-likeness (QED) is 0.475. The summed E-state index contributed by atoms with van der Waals surface area (Å²) >= 11 is 0. The van der Waals surface area contributed by atoms with Gasteiger partial charge < -0.3 is 4.90 Å². The molecule has 0 unspecified atom stereocenters. The molecule has 2 aliphatic rings. The summed E-state index contributed by atoms with van der Waals surface area (Å²) in [5.74, 6) is -0.00424. The molecule has 0 saturated heterocycles. The van der Waals surface area contributed by atoms with Gasteiger partial charge in [-0.2, -0.15) is 0 Å². The van der Waals surface area contributed by atoms with Crippen molar-refractivity contribution in [2.24, 2.45) is 0 Å². The number of carbonyl (C=O) groups is 1. The summed E-state index contributed by atoms with van der Waals surface area (Å²) in [6.45, 7) is 0.551. The number of nitro groups is 1. The summed E-state index contributed by atoms with van der Waals surface area (Å²) in [4.78, 5) is 24.1. The Balaban J connectivity index is 1.65. The highest BCUT2D eigenvalue weighted by atomic mass is 16.6. The molecule has 1 aliphatic heterocycles. The lowest BCUT2D eigenvalue weighted by atomic mass is 10.0. The van der Waals surface area contributed by atoms with Gasteiger partial charge in [0.2, 0.25) is 0 Å². The molecule has 0 aromatic heterocycles. The maximum Gasteiger partial charge on any atom is 0.269 e. The Hall–Kier alpha value is -3.47. The number of nitro benzene ring substituents is 1. The predicted molar refractivity (Wildman–Crippen MR) is 96.4 cm³/mol. The minimum atomic E-state index is -0.393. The molecule has 3 rings (SSSR count). The van der Waals surface area contributed by atoms with E-state index in [9.17, 15) is 14.9 Å². The van der Waals surface area contributed by atoms with Crippen molar-refractivity contribution in [2.45, 2.75) is 6.54 Å². The molecular formula is C20H16N2O3.